The molecule has 0 bridgehead atoms. The summed E-state index contributed by atoms with van der Waals surface area (Å²) in [6.07, 6.45) is 5.83. The molecule has 2 aliphatic rings. The zero-order valence-electron chi connectivity index (χ0n) is 12.7. The van der Waals surface area contributed by atoms with Gasteiger partial charge in [-0.25, -0.2) is 0 Å². The normalized spacial score (nSPS) is 22.1. The molecule has 1 aromatic rings. The SMILES string of the molecule is CCCC1CCc2c(sc(N)c2C(=O)N2CCOCC2)C1. The Labute approximate surface area is 130 Å². The predicted molar refractivity (Wildman–Crippen MR) is 85.9 cm³/mol. The summed E-state index contributed by atoms with van der Waals surface area (Å²) in [5, 5.41) is 0.716. The molecular weight excluding hydrogens is 284 g/mol. The molecule has 1 unspecified atom stereocenters. The molecule has 1 aromatic heterocycles. The van der Waals surface area contributed by atoms with E-state index in [1.807, 2.05) is 4.90 Å². The van der Waals surface area contributed by atoms with Crippen molar-refractivity contribution >= 4 is 22.2 Å². The number of morpholine rings is 1. The van der Waals surface area contributed by atoms with Gasteiger partial charge in [-0.3, -0.25) is 4.79 Å². The van der Waals surface area contributed by atoms with Crippen LogP contribution < -0.4 is 5.73 Å². The summed E-state index contributed by atoms with van der Waals surface area (Å²) >= 11 is 1.64. The Morgan fingerprint density at radius 3 is 2.90 bits per heavy atom. The first-order valence-corrected chi connectivity index (χ1v) is 8.79. The number of hydrogen-bond donors (Lipinski definition) is 1. The Bertz CT molecular complexity index is 521. The van der Waals surface area contributed by atoms with Gasteiger partial charge in [0.05, 0.1) is 23.8 Å². The van der Waals surface area contributed by atoms with Gasteiger partial charge in [0.1, 0.15) is 0 Å². The van der Waals surface area contributed by atoms with Gasteiger partial charge >= 0.3 is 0 Å². The lowest BCUT2D eigenvalue weighted by Crippen LogP contribution is -2.41. The maximum atomic E-state index is 12.8. The summed E-state index contributed by atoms with van der Waals surface area (Å²) in [7, 11) is 0. The van der Waals surface area contributed by atoms with Gasteiger partial charge in [0.15, 0.2) is 0 Å². The van der Waals surface area contributed by atoms with Gasteiger partial charge in [0, 0.05) is 18.0 Å². The van der Waals surface area contributed by atoms with E-state index in [1.165, 1.54) is 29.7 Å². The summed E-state index contributed by atoms with van der Waals surface area (Å²) in [5.74, 6) is 0.883. The van der Waals surface area contributed by atoms with Crippen LogP contribution in [0.4, 0.5) is 5.00 Å². The molecule has 1 fully saturated rings. The van der Waals surface area contributed by atoms with Crippen molar-refractivity contribution in [2.24, 2.45) is 5.92 Å². The quantitative estimate of drug-likeness (QED) is 0.934. The van der Waals surface area contributed by atoms with E-state index in [9.17, 15) is 4.79 Å². The van der Waals surface area contributed by atoms with Crippen LogP contribution in [0.25, 0.3) is 0 Å². The molecule has 116 valence electrons. The molecular formula is C16H24N2O2S. The molecule has 1 aliphatic carbocycles. The molecule has 21 heavy (non-hydrogen) atoms. The van der Waals surface area contributed by atoms with Crippen LogP contribution in [0.15, 0.2) is 0 Å². The lowest BCUT2D eigenvalue weighted by molar-refractivity contribution is 0.0303. The van der Waals surface area contributed by atoms with Gasteiger partial charge in [-0.1, -0.05) is 19.8 Å². The first kappa shape index (κ1) is 14.9. The lowest BCUT2D eigenvalue weighted by Gasteiger charge is -2.28. The number of rotatable bonds is 3. The minimum absolute atomic E-state index is 0.113. The third-order valence-corrected chi connectivity index (χ3v) is 5.69. The summed E-state index contributed by atoms with van der Waals surface area (Å²) in [4.78, 5) is 16.0. The van der Waals surface area contributed by atoms with Gasteiger partial charge in [-0.05, 0) is 30.7 Å². The number of nitrogens with two attached hydrogens (primary N) is 1. The molecule has 2 heterocycles. The van der Waals surface area contributed by atoms with Crippen molar-refractivity contribution < 1.29 is 9.53 Å². The second-order valence-corrected chi connectivity index (χ2v) is 7.18. The zero-order chi connectivity index (χ0) is 14.8. The standard InChI is InChI=1S/C16H24N2O2S/c1-2-3-11-4-5-12-13(10-11)21-15(17)14(12)16(19)18-6-8-20-9-7-18/h11H,2-10,17H2,1H3. The summed E-state index contributed by atoms with van der Waals surface area (Å²) in [6.45, 7) is 4.88. The van der Waals surface area contributed by atoms with Crippen molar-refractivity contribution in [2.45, 2.75) is 39.0 Å². The number of carbonyl (C=O) groups is 1. The Balaban J connectivity index is 1.82. The third kappa shape index (κ3) is 2.94. The molecule has 1 saturated heterocycles. The molecule has 1 amide bonds. The van der Waals surface area contributed by atoms with E-state index in [0.717, 1.165) is 24.3 Å². The molecule has 2 N–H and O–H groups in total. The number of carbonyl (C=O) groups excluding carboxylic acids is 1. The molecule has 1 aliphatic heterocycles. The maximum Gasteiger partial charge on any atom is 0.257 e. The van der Waals surface area contributed by atoms with E-state index >= 15 is 0 Å². The van der Waals surface area contributed by atoms with Crippen LogP contribution in [0.1, 0.15) is 47.0 Å². The van der Waals surface area contributed by atoms with Gasteiger partial charge in [0.25, 0.3) is 5.91 Å². The number of ether oxygens (including phenoxy) is 1. The van der Waals surface area contributed by atoms with Crippen LogP contribution in [-0.2, 0) is 17.6 Å². The second kappa shape index (κ2) is 6.36. The molecule has 4 nitrogen and oxygen atoms in total. The van der Waals surface area contributed by atoms with Gasteiger partial charge in [0.2, 0.25) is 0 Å². The fraction of sp³-hybridized carbons (Fsp3) is 0.688. The van der Waals surface area contributed by atoms with E-state index < -0.39 is 0 Å². The molecule has 0 radical (unpaired) electrons. The van der Waals surface area contributed by atoms with Crippen molar-refractivity contribution in [1.29, 1.82) is 0 Å². The Kier molecular flexibility index (Phi) is 4.50. The van der Waals surface area contributed by atoms with Crippen LogP contribution in [0.5, 0.6) is 0 Å². The van der Waals surface area contributed by atoms with Crippen LogP contribution in [0.2, 0.25) is 0 Å². The summed E-state index contributed by atoms with van der Waals surface area (Å²) in [6, 6.07) is 0. The van der Waals surface area contributed by atoms with Crippen molar-refractivity contribution in [2.75, 3.05) is 32.0 Å². The summed E-state index contributed by atoms with van der Waals surface area (Å²) in [5.41, 5.74) is 8.22. The fourth-order valence-electron chi connectivity index (χ4n) is 3.49. The van der Waals surface area contributed by atoms with Gasteiger partial charge in [-0.2, -0.15) is 0 Å². The highest BCUT2D eigenvalue weighted by Crippen LogP contribution is 2.39. The minimum Gasteiger partial charge on any atom is -0.390 e. The van der Waals surface area contributed by atoms with E-state index in [-0.39, 0.29) is 5.91 Å². The highest BCUT2D eigenvalue weighted by atomic mass is 32.1. The van der Waals surface area contributed by atoms with Crippen LogP contribution in [-0.4, -0.2) is 37.1 Å². The third-order valence-electron chi connectivity index (χ3n) is 4.60. The fourth-order valence-corrected chi connectivity index (χ4v) is 4.71. The first-order valence-electron chi connectivity index (χ1n) is 7.97. The average molecular weight is 308 g/mol. The van der Waals surface area contributed by atoms with E-state index in [1.54, 1.807) is 11.3 Å². The van der Waals surface area contributed by atoms with Crippen LogP contribution in [0.3, 0.4) is 0 Å². The molecule has 5 heteroatoms. The maximum absolute atomic E-state index is 12.8. The number of hydrogen-bond acceptors (Lipinski definition) is 4. The Morgan fingerprint density at radius 1 is 1.43 bits per heavy atom. The molecule has 1 atom stereocenters. The topological polar surface area (TPSA) is 55.6 Å². The second-order valence-electron chi connectivity index (χ2n) is 6.05. The van der Waals surface area contributed by atoms with E-state index in [2.05, 4.69) is 6.92 Å². The minimum atomic E-state index is 0.113. The smallest absolute Gasteiger partial charge is 0.257 e. The van der Waals surface area contributed by atoms with Crippen molar-refractivity contribution in [3.63, 3.8) is 0 Å². The predicted octanol–water partition coefficient (Wildman–Crippen LogP) is 2.71. The molecule has 0 saturated carbocycles. The highest BCUT2D eigenvalue weighted by Gasteiger charge is 2.30. The number of fused-ring (bicyclic) bond motifs is 1. The highest BCUT2D eigenvalue weighted by molar-refractivity contribution is 7.16. The number of thiophene rings is 1. The number of anilines is 1. The van der Waals surface area contributed by atoms with Crippen LogP contribution in [0, 0.1) is 5.92 Å². The van der Waals surface area contributed by atoms with Gasteiger partial charge in [-0.15, -0.1) is 11.3 Å². The monoisotopic (exact) mass is 308 g/mol. The van der Waals surface area contributed by atoms with E-state index in [4.69, 9.17) is 10.5 Å². The summed E-state index contributed by atoms with van der Waals surface area (Å²) < 4.78 is 5.33. The number of amides is 1. The Morgan fingerprint density at radius 2 is 2.19 bits per heavy atom. The van der Waals surface area contributed by atoms with E-state index in [0.29, 0.717) is 31.3 Å². The molecule has 0 spiro atoms. The number of nitrogen functional groups attached to an aromatic ring is 1. The van der Waals surface area contributed by atoms with Gasteiger partial charge < -0.3 is 15.4 Å². The first-order chi connectivity index (χ1) is 10.2. The van der Waals surface area contributed by atoms with Crippen LogP contribution >= 0.6 is 11.3 Å². The molecule has 3 rings (SSSR count). The lowest BCUT2D eigenvalue weighted by atomic mass is 9.84. The largest absolute Gasteiger partial charge is 0.390 e. The number of nitrogens with zero attached hydrogens (tertiary/aromatic N) is 1. The molecule has 0 aromatic carbocycles. The van der Waals surface area contributed by atoms with Crippen molar-refractivity contribution in [3.8, 4) is 0 Å². The Hall–Kier alpha value is -1.07. The van der Waals surface area contributed by atoms with Crippen molar-refractivity contribution in [3.05, 3.63) is 16.0 Å². The average Bonchev–Trinajstić information content (AvgIpc) is 2.83. The zero-order valence-corrected chi connectivity index (χ0v) is 13.5. The van der Waals surface area contributed by atoms with Crippen molar-refractivity contribution in [1.82, 2.24) is 4.90 Å².